The van der Waals surface area contributed by atoms with Gasteiger partial charge in [-0.25, -0.2) is 19.9 Å². The molecule has 19 rings (SSSR count). The number of nitrogens with zero attached hydrogens (tertiary/aromatic N) is 14. The molecule has 7 amide bonds. The number of halogens is 10. The molecule has 4 aromatic heterocycles. The van der Waals surface area contributed by atoms with E-state index in [0.29, 0.717) is 48.2 Å². The number of nitrogens with one attached hydrogen (secondary N) is 5. The quantitative estimate of drug-likeness (QED) is 0.0344. The Morgan fingerprint density at radius 1 is 0.402 bits per heavy atom. The number of carbonyl (C=O) groups excluding carboxylic acids is 7. The van der Waals surface area contributed by atoms with Gasteiger partial charge in [-0.15, -0.1) is 0 Å². The van der Waals surface area contributed by atoms with Crippen LogP contribution in [0.5, 0.6) is 0 Å². The smallest absolute Gasteiger partial charge is 1.00 e. The van der Waals surface area contributed by atoms with E-state index in [9.17, 15) is 73.1 Å². The molecule has 0 bridgehead atoms. The van der Waals surface area contributed by atoms with Crippen LogP contribution in [0.25, 0.3) is 22.7 Å². The van der Waals surface area contributed by atoms with E-state index in [1.54, 1.807) is 31.5 Å². The number of hydrogen-bond acceptors (Lipinski definition) is 15. The molecule has 26 nitrogen and oxygen atoms in total. The number of hydrogen-bond donors (Lipinski definition) is 5. The first-order valence-electron chi connectivity index (χ1n) is 42.6. The maximum atomic E-state index is 13.5. The summed E-state index contributed by atoms with van der Waals surface area (Å²) in [7, 11) is 0. The number of benzene rings is 7. The fraction of sp³-hybridized carbons (Fsp3) is 0.316. The summed E-state index contributed by atoms with van der Waals surface area (Å²) in [5.74, 6) is -2.35. The van der Waals surface area contributed by atoms with E-state index < -0.39 is 64.3 Å². The van der Waals surface area contributed by atoms with E-state index in [4.69, 9.17) is 20.0 Å². The predicted molar refractivity (Wildman–Crippen MR) is 479 cm³/mol. The number of carbonyl (C=O) groups is 7. The van der Waals surface area contributed by atoms with Gasteiger partial charge in [0, 0.05) is 98.2 Å². The maximum absolute atomic E-state index is 13.5. The second kappa shape index (κ2) is 39.7. The molecule has 37 heteroatoms. The summed E-state index contributed by atoms with van der Waals surface area (Å²) in [6.07, 6.45) is 15.4. The van der Waals surface area contributed by atoms with Crippen LogP contribution in [0.15, 0.2) is 240 Å². The molecule has 0 atom stereocenters. The molecular weight excluding hydrogens is 1790 g/mol. The second-order valence-corrected chi connectivity index (χ2v) is 33.8. The number of alkyl halides is 10. The number of aliphatic imine (C=N–C) groups is 4. The predicted octanol–water partition coefficient (Wildman–Crippen LogP) is 14.4. The topological polar surface area (TPSA) is 307 Å². The Morgan fingerprint density at radius 2 is 0.705 bits per heavy atom. The normalized spacial score (nSPS) is 17.1. The molecule has 8 aliphatic rings. The van der Waals surface area contributed by atoms with Crippen LogP contribution < -0.4 is 56.1 Å². The zero-order chi connectivity index (χ0) is 92.8. The molecule has 4 fully saturated rings. The summed E-state index contributed by atoms with van der Waals surface area (Å²) >= 11 is 2.90. The molecule has 7 aromatic carbocycles. The number of aromatic nitrogens is 8. The van der Waals surface area contributed by atoms with E-state index in [0.717, 1.165) is 170 Å². The number of amides is 7. The van der Waals surface area contributed by atoms with E-state index >= 15 is 0 Å². The molecular formula is C95H92BrF9N19NaO7. The molecule has 11 aromatic rings. The zero-order valence-electron chi connectivity index (χ0n) is 73.6. The zero-order valence-corrected chi connectivity index (χ0v) is 76.2. The van der Waals surface area contributed by atoms with Crippen molar-refractivity contribution in [2.45, 2.75) is 172 Å². The standard InChI is InChI=1S/2C26H24F3N5O2.2C17H18N4O.C9H7BrF3NO.Na.H/c1-17-14-33(16-30-17)21-9-7-18(8-10-21)23-24(36)34(25(32-23)11-2-3-12-25)15-22(35)31-20-6-4-5-19(13-20)26(27,28)29;1-17-14-30-16-33(17)21-9-7-18(8-10-21)23-24(36)34(25(32-23)11-2-3-12-25)15-22(35)31-20-6-4-5-19(13-20)26(27,28)29;1-12-10-21(11-18-12)14-6-4-13(5-7-14)15-16(22)20-17(19-15)8-2-3-9-17;1-12-10-18-11-21(12)14-6-4-13(5-7-14)15-16(22)20-17(19-15)8-2-3-9-17;10-5-8(15)14-7-3-1-2-6(4-7)9(11,12)13;;/h2*4-10,13-14,16H,2-3,11-12,15H2,1H3,(H,31,35);2*4-7,10-11H,2-3,8-9H2,1H3,(H,20,22);1-4H,5H2,(H,14,15);;/q;;;;;+1;-1. The van der Waals surface area contributed by atoms with Crippen LogP contribution in [-0.2, 0) is 52.1 Å². The second-order valence-electron chi connectivity index (χ2n) is 33.2. The number of aryl methyl sites for hydroxylation is 4. The van der Waals surface area contributed by atoms with Crippen molar-refractivity contribution in [1.29, 1.82) is 0 Å². The molecule has 8 heterocycles. The van der Waals surface area contributed by atoms with Crippen molar-refractivity contribution in [3.8, 4) is 22.7 Å². The number of imidazole rings is 4. The summed E-state index contributed by atoms with van der Waals surface area (Å²) in [4.78, 5) is 127. The fourth-order valence-corrected chi connectivity index (χ4v) is 17.5. The van der Waals surface area contributed by atoms with Gasteiger partial charge < -0.3 is 56.1 Å². The Morgan fingerprint density at radius 3 is 0.992 bits per heavy atom. The van der Waals surface area contributed by atoms with Crippen molar-refractivity contribution in [2.75, 3.05) is 34.4 Å². The van der Waals surface area contributed by atoms with Crippen molar-refractivity contribution in [3.63, 3.8) is 0 Å². The summed E-state index contributed by atoms with van der Waals surface area (Å²) in [5.41, 5.74) is 7.93. The molecule has 0 saturated heterocycles. The van der Waals surface area contributed by atoms with Crippen LogP contribution in [0.3, 0.4) is 0 Å². The number of rotatable bonds is 16. The Balaban J connectivity index is 0.000000145. The Kier molecular flexibility index (Phi) is 28.7. The molecule has 5 N–H and O–H groups in total. The van der Waals surface area contributed by atoms with Gasteiger partial charge >= 0.3 is 48.1 Å². The summed E-state index contributed by atoms with van der Waals surface area (Å²) in [6.45, 7) is 7.22. The van der Waals surface area contributed by atoms with Crippen LogP contribution in [0.4, 0.5) is 56.6 Å². The molecule has 4 spiro atoms. The minimum Gasteiger partial charge on any atom is -1.00 e. The van der Waals surface area contributed by atoms with E-state index in [1.165, 1.54) is 46.2 Å². The van der Waals surface area contributed by atoms with Crippen LogP contribution in [0.1, 0.15) is 166 Å². The first-order valence-corrected chi connectivity index (χ1v) is 43.8. The molecule has 680 valence electrons. The third-order valence-corrected chi connectivity index (χ3v) is 24.4. The summed E-state index contributed by atoms with van der Waals surface area (Å²) in [6, 6.07) is 43.9. The van der Waals surface area contributed by atoms with Gasteiger partial charge in [-0.3, -0.25) is 53.5 Å². The van der Waals surface area contributed by atoms with Gasteiger partial charge in [-0.05, 0) is 234 Å². The van der Waals surface area contributed by atoms with Crippen molar-refractivity contribution < 1.29 is 104 Å². The average Bonchev–Trinajstić information content (AvgIpc) is 1.59. The van der Waals surface area contributed by atoms with Gasteiger partial charge in [-0.2, -0.15) is 39.5 Å². The van der Waals surface area contributed by atoms with Gasteiger partial charge in [0.15, 0.2) is 0 Å². The van der Waals surface area contributed by atoms with Crippen LogP contribution >= 0.6 is 15.9 Å². The van der Waals surface area contributed by atoms with E-state index in [-0.39, 0.29) is 113 Å². The Labute approximate surface area is 785 Å². The van der Waals surface area contributed by atoms with Crippen molar-refractivity contribution in [3.05, 3.63) is 282 Å². The molecule has 4 aliphatic carbocycles. The van der Waals surface area contributed by atoms with E-state index in [2.05, 4.69) is 62.4 Å². The SMILES string of the molecule is Cc1cn(-c2ccc(C3=NC4(CCCC4)N(CC(=O)Nc4cccc(C(F)(F)F)c4)C3=O)cc2)cn1.Cc1cn(-c2ccc(C3=NC4(CCCC4)NC3=O)cc2)cn1.Cc1cncn1-c1ccc(C2=NC3(CCCC3)N(CC(=O)Nc3cccc(C(F)(F)F)c3)C2=O)cc1.Cc1cncn1-c1ccc(C2=NC3(CCCC3)NC2=O)cc1.O=C(CBr)Nc1cccc(C(F)(F)F)c1.[H-].[Na+]. The summed E-state index contributed by atoms with van der Waals surface area (Å²) in [5, 5.41) is 13.5. The van der Waals surface area contributed by atoms with Gasteiger partial charge in [0.25, 0.3) is 23.6 Å². The third kappa shape index (κ3) is 21.8. The van der Waals surface area contributed by atoms with Crippen molar-refractivity contribution in [1.82, 2.24) is 58.6 Å². The first kappa shape index (κ1) is 95.3. The van der Waals surface area contributed by atoms with Gasteiger partial charge in [-0.1, -0.05) is 82.7 Å². The minimum absolute atomic E-state index is 0. The van der Waals surface area contributed by atoms with Crippen LogP contribution in [0.2, 0.25) is 0 Å². The van der Waals surface area contributed by atoms with Crippen molar-refractivity contribution >= 4 is 97.2 Å². The summed E-state index contributed by atoms with van der Waals surface area (Å²) < 4.78 is 123. The Bertz CT molecular complexity index is 6240. The van der Waals surface area contributed by atoms with Gasteiger partial charge in [0.05, 0.1) is 58.7 Å². The van der Waals surface area contributed by atoms with Crippen LogP contribution in [-0.4, -0.2) is 153 Å². The molecule has 4 saturated carbocycles. The van der Waals surface area contributed by atoms with Crippen LogP contribution in [0, 0.1) is 27.7 Å². The minimum atomic E-state index is -4.52. The van der Waals surface area contributed by atoms with Crippen molar-refractivity contribution in [2.24, 2.45) is 20.0 Å². The third-order valence-electron chi connectivity index (χ3n) is 23.9. The molecule has 0 radical (unpaired) electrons. The maximum Gasteiger partial charge on any atom is 1.00 e. The van der Waals surface area contributed by atoms with E-state index in [1.807, 2.05) is 162 Å². The number of anilines is 3. The largest absolute Gasteiger partial charge is 1.00 e. The van der Waals surface area contributed by atoms with Gasteiger partial charge in [0.1, 0.15) is 58.6 Å². The van der Waals surface area contributed by atoms with Gasteiger partial charge in [0.2, 0.25) is 17.7 Å². The monoisotopic (exact) mass is 1880 g/mol. The molecule has 0 unspecified atom stereocenters. The first-order chi connectivity index (χ1) is 62.6. The Hall–Kier alpha value is -12.8. The molecule has 132 heavy (non-hydrogen) atoms. The average molecular weight is 1890 g/mol. The molecule has 4 aliphatic heterocycles. The fourth-order valence-electron chi connectivity index (χ4n) is 17.4.